The van der Waals surface area contributed by atoms with E-state index in [0.29, 0.717) is 24.8 Å². The summed E-state index contributed by atoms with van der Waals surface area (Å²) in [4.78, 5) is 12.5. The summed E-state index contributed by atoms with van der Waals surface area (Å²) in [5.41, 5.74) is 2.43. The molecule has 0 radical (unpaired) electrons. The fraction of sp³-hybridized carbons (Fsp3) is 0.458. The average Bonchev–Trinajstić information content (AvgIpc) is 3.04. The fourth-order valence-corrected chi connectivity index (χ4v) is 6.84. The van der Waals surface area contributed by atoms with Crippen molar-refractivity contribution in [3.63, 3.8) is 0 Å². The monoisotopic (exact) mass is 444 g/mol. The van der Waals surface area contributed by atoms with Crippen LogP contribution in [-0.4, -0.2) is 36.8 Å². The van der Waals surface area contributed by atoms with E-state index in [0.717, 1.165) is 24.0 Å². The van der Waals surface area contributed by atoms with Crippen LogP contribution < -0.4 is 5.32 Å². The van der Waals surface area contributed by atoms with Crippen molar-refractivity contribution in [3.05, 3.63) is 65.0 Å². The van der Waals surface area contributed by atoms with Gasteiger partial charge in [0.1, 0.15) is 5.82 Å². The summed E-state index contributed by atoms with van der Waals surface area (Å²) in [5.74, 6) is -0.371. The smallest absolute Gasteiger partial charge is 0.243 e. The number of nitrogens with one attached hydrogen (secondary N) is 1. The van der Waals surface area contributed by atoms with Crippen molar-refractivity contribution in [2.75, 3.05) is 0 Å². The van der Waals surface area contributed by atoms with Crippen LogP contribution in [0, 0.1) is 19.7 Å². The highest BCUT2D eigenvalue weighted by molar-refractivity contribution is 7.89. The number of sulfonamides is 1. The molecule has 2 aliphatic heterocycles. The molecule has 2 aliphatic rings. The Labute approximate surface area is 183 Å². The molecule has 1 N–H and O–H groups in total. The molecule has 2 heterocycles. The predicted octanol–water partition coefficient (Wildman–Crippen LogP) is 3.88. The molecule has 166 valence electrons. The van der Waals surface area contributed by atoms with Gasteiger partial charge in [0.05, 0.1) is 4.90 Å². The molecule has 0 unspecified atom stereocenters. The van der Waals surface area contributed by atoms with Gasteiger partial charge in [-0.2, -0.15) is 4.31 Å². The molecule has 0 aliphatic carbocycles. The number of benzene rings is 2. The highest BCUT2D eigenvalue weighted by Crippen LogP contribution is 2.37. The van der Waals surface area contributed by atoms with E-state index in [4.69, 9.17) is 0 Å². The maximum absolute atomic E-state index is 14.4. The number of fused-ring (bicyclic) bond motifs is 1. The van der Waals surface area contributed by atoms with Crippen molar-refractivity contribution >= 4 is 15.9 Å². The molecule has 2 saturated heterocycles. The Morgan fingerprint density at radius 2 is 1.87 bits per heavy atom. The van der Waals surface area contributed by atoms with E-state index >= 15 is 0 Å². The molecule has 1 amide bonds. The molecule has 0 saturated carbocycles. The van der Waals surface area contributed by atoms with Crippen LogP contribution in [0.15, 0.2) is 47.4 Å². The van der Waals surface area contributed by atoms with Gasteiger partial charge in [-0.05, 0) is 74.4 Å². The summed E-state index contributed by atoms with van der Waals surface area (Å²) in [7, 11) is -3.82. The van der Waals surface area contributed by atoms with E-state index in [1.807, 2.05) is 19.9 Å². The summed E-state index contributed by atoms with van der Waals surface area (Å²) >= 11 is 0. The van der Waals surface area contributed by atoms with Gasteiger partial charge in [-0.3, -0.25) is 4.79 Å². The van der Waals surface area contributed by atoms with Crippen LogP contribution in [0.3, 0.4) is 0 Å². The number of carbonyl (C=O) groups is 1. The molecule has 2 aromatic carbocycles. The number of amides is 1. The summed E-state index contributed by atoms with van der Waals surface area (Å²) in [6.07, 6.45) is 3.44. The number of halogens is 1. The zero-order chi connectivity index (χ0) is 22.2. The Hall–Kier alpha value is -2.25. The third-order valence-corrected chi connectivity index (χ3v) is 8.62. The molecule has 3 atom stereocenters. The molecular weight excluding hydrogens is 415 g/mol. The molecule has 5 nitrogen and oxygen atoms in total. The molecule has 0 aromatic heterocycles. The number of carbonyl (C=O) groups excluding carboxylic acids is 1. The van der Waals surface area contributed by atoms with Gasteiger partial charge in [-0.1, -0.05) is 30.7 Å². The molecule has 31 heavy (non-hydrogen) atoms. The van der Waals surface area contributed by atoms with Gasteiger partial charge in [0.25, 0.3) is 0 Å². The Morgan fingerprint density at radius 3 is 2.61 bits per heavy atom. The lowest BCUT2D eigenvalue weighted by Gasteiger charge is -2.32. The number of rotatable bonds is 4. The van der Waals surface area contributed by atoms with Crippen LogP contribution in [0.5, 0.6) is 0 Å². The standard InChI is InChI=1S/C24H29FN2O3S/c1-16-11-12-20(13-17(16)2)31(29,30)27-19(14-18-7-3-4-8-21(18)25)15-22-23(27)9-5-6-10-24(28)26-22/h3-4,7-8,11-13,19,22-23H,5-6,9-10,14-15H2,1-2H3,(H,26,28)/t19-,22+,23-/m1/s1. The van der Waals surface area contributed by atoms with Crippen LogP contribution in [0.1, 0.15) is 48.8 Å². The van der Waals surface area contributed by atoms with Gasteiger partial charge < -0.3 is 5.32 Å². The third-order valence-electron chi connectivity index (χ3n) is 6.64. The number of hydrogen-bond acceptors (Lipinski definition) is 3. The van der Waals surface area contributed by atoms with Gasteiger partial charge >= 0.3 is 0 Å². The van der Waals surface area contributed by atoms with Crippen LogP contribution in [0.2, 0.25) is 0 Å². The van der Waals surface area contributed by atoms with Crippen molar-refractivity contribution in [1.82, 2.24) is 9.62 Å². The highest BCUT2D eigenvalue weighted by Gasteiger charge is 2.48. The van der Waals surface area contributed by atoms with Crippen LogP contribution in [0.25, 0.3) is 0 Å². The van der Waals surface area contributed by atoms with E-state index in [9.17, 15) is 17.6 Å². The van der Waals surface area contributed by atoms with Crippen LogP contribution in [-0.2, 0) is 21.2 Å². The normalized spacial score (nSPS) is 24.9. The molecule has 4 rings (SSSR count). The fourth-order valence-electron chi connectivity index (χ4n) is 4.87. The van der Waals surface area contributed by atoms with Gasteiger partial charge in [0, 0.05) is 24.5 Å². The minimum Gasteiger partial charge on any atom is -0.352 e. The first kappa shape index (κ1) is 22.0. The van der Waals surface area contributed by atoms with Gasteiger partial charge in [-0.15, -0.1) is 0 Å². The van der Waals surface area contributed by atoms with Crippen molar-refractivity contribution < 1.29 is 17.6 Å². The second kappa shape index (κ2) is 8.71. The third kappa shape index (κ3) is 4.39. The van der Waals surface area contributed by atoms with Gasteiger partial charge in [0.2, 0.25) is 15.9 Å². The van der Waals surface area contributed by atoms with E-state index in [1.54, 1.807) is 34.6 Å². The van der Waals surface area contributed by atoms with E-state index in [2.05, 4.69) is 5.32 Å². The van der Waals surface area contributed by atoms with Crippen molar-refractivity contribution in [2.24, 2.45) is 0 Å². The average molecular weight is 445 g/mol. The largest absolute Gasteiger partial charge is 0.352 e. The number of nitrogens with zero attached hydrogens (tertiary/aromatic N) is 1. The van der Waals surface area contributed by atoms with Gasteiger partial charge in [0.15, 0.2) is 0 Å². The maximum atomic E-state index is 14.4. The number of aryl methyl sites for hydroxylation is 2. The summed E-state index contributed by atoms with van der Waals surface area (Å²) in [5, 5.41) is 3.05. The van der Waals surface area contributed by atoms with E-state index < -0.39 is 16.1 Å². The SMILES string of the molecule is Cc1ccc(S(=O)(=O)N2[C@H](Cc3ccccc3F)C[C@@H]3NC(=O)CCCC[C@H]32)cc1C. The molecule has 0 spiro atoms. The lowest BCUT2D eigenvalue weighted by atomic mass is 9.97. The van der Waals surface area contributed by atoms with E-state index in [1.165, 1.54) is 6.07 Å². The molecule has 2 aromatic rings. The first-order valence-corrected chi connectivity index (χ1v) is 12.3. The zero-order valence-electron chi connectivity index (χ0n) is 18.0. The van der Waals surface area contributed by atoms with Crippen LogP contribution in [0.4, 0.5) is 4.39 Å². The van der Waals surface area contributed by atoms with Crippen molar-refractivity contribution in [2.45, 2.75) is 75.4 Å². The highest BCUT2D eigenvalue weighted by atomic mass is 32.2. The Bertz CT molecular complexity index is 1090. The summed E-state index contributed by atoms with van der Waals surface area (Å²) < 4.78 is 43.7. The first-order chi connectivity index (χ1) is 14.8. The molecule has 7 heteroatoms. The zero-order valence-corrected chi connectivity index (χ0v) is 18.8. The van der Waals surface area contributed by atoms with Crippen molar-refractivity contribution in [3.8, 4) is 0 Å². The molecule has 0 bridgehead atoms. The van der Waals surface area contributed by atoms with E-state index in [-0.39, 0.29) is 35.1 Å². The lowest BCUT2D eigenvalue weighted by Crippen LogP contribution is -2.48. The topological polar surface area (TPSA) is 66.5 Å². The number of hydrogen-bond donors (Lipinski definition) is 1. The Balaban J connectivity index is 1.75. The molecular formula is C24H29FN2O3S. The van der Waals surface area contributed by atoms with Crippen LogP contribution >= 0.6 is 0 Å². The second-order valence-electron chi connectivity index (χ2n) is 8.75. The van der Waals surface area contributed by atoms with Crippen molar-refractivity contribution in [1.29, 1.82) is 0 Å². The lowest BCUT2D eigenvalue weighted by molar-refractivity contribution is -0.122. The minimum absolute atomic E-state index is 0.0373. The molecule has 2 fully saturated rings. The second-order valence-corrected chi connectivity index (χ2v) is 10.6. The predicted molar refractivity (Wildman–Crippen MR) is 118 cm³/mol. The Morgan fingerprint density at radius 1 is 1.10 bits per heavy atom. The van der Waals surface area contributed by atoms with Gasteiger partial charge in [-0.25, -0.2) is 12.8 Å². The summed E-state index contributed by atoms with van der Waals surface area (Å²) in [6.45, 7) is 3.84. The summed E-state index contributed by atoms with van der Waals surface area (Å²) in [6, 6.07) is 10.7. The quantitative estimate of drug-likeness (QED) is 0.778. The maximum Gasteiger partial charge on any atom is 0.243 e. The minimum atomic E-state index is -3.82. The Kier molecular flexibility index (Phi) is 6.17. The first-order valence-electron chi connectivity index (χ1n) is 10.9.